The van der Waals surface area contributed by atoms with Crippen molar-refractivity contribution in [2.24, 2.45) is 17.8 Å². The zero-order chi connectivity index (χ0) is 9.68. The van der Waals surface area contributed by atoms with Gasteiger partial charge in [0.15, 0.2) is 0 Å². The fourth-order valence-corrected chi connectivity index (χ4v) is 3.06. The molecule has 0 aliphatic heterocycles. The summed E-state index contributed by atoms with van der Waals surface area (Å²) in [5, 5.41) is 0. The highest BCUT2D eigenvalue weighted by Gasteiger charge is 2.27. The smallest absolute Gasteiger partial charge is 0.0383 e. The molecule has 0 spiro atoms. The molecule has 3 atom stereocenters. The Morgan fingerprint density at radius 3 is 2.23 bits per heavy atom. The highest BCUT2D eigenvalue weighted by molar-refractivity contribution is 4.78. The van der Waals surface area contributed by atoms with Crippen LogP contribution in [-0.4, -0.2) is 0 Å². The van der Waals surface area contributed by atoms with E-state index in [2.05, 4.69) is 20.8 Å². The van der Waals surface area contributed by atoms with E-state index in [0.29, 0.717) is 0 Å². The minimum atomic E-state index is 1.05. The molecule has 0 N–H and O–H groups in total. The number of rotatable bonds is 4. The molecule has 0 heterocycles. The molecule has 1 aliphatic carbocycles. The van der Waals surface area contributed by atoms with E-state index in [-0.39, 0.29) is 0 Å². The van der Waals surface area contributed by atoms with Crippen molar-refractivity contribution in [1.29, 1.82) is 0 Å². The average molecular weight is 182 g/mol. The first-order chi connectivity index (χ1) is 6.31. The third-order valence-electron chi connectivity index (χ3n) is 4.01. The van der Waals surface area contributed by atoms with Gasteiger partial charge < -0.3 is 0 Å². The Balaban J connectivity index is 2.42. The van der Waals surface area contributed by atoms with Gasteiger partial charge in [0.1, 0.15) is 0 Å². The van der Waals surface area contributed by atoms with Gasteiger partial charge in [-0.3, -0.25) is 0 Å². The lowest BCUT2D eigenvalue weighted by Crippen LogP contribution is -2.24. The van der Waals surface area contributed by atoms with Gasteiger partial charge in [-0.25, -0.2) is 0 Å². The summed E-state index contributed by atoms with van der Waals surface area (Å²) in [5.41, 5.74) is 0. The molecule has 0 heteroatoms. The van der Waals surface area contributed by atoms with Gasteiger partial charge in [0.2, 0.25) is 0 Å². The lowest BCUT2D eigenvalue weighted by molar-refractivity contribution is 0.161. The van der Waals surface area contributed by atoms with Crippen molar-refractivity contribution in [3.05, 3.63) is 0 Å². The lowest BCUT2D eigenvalue weighted by atomic mass is 9.71. The van der Waals surface area contributed by atoms with Gasteiger partial charge in [0.05, 0.1) is 0 Å². The van der Waals surface area contributed by atoms with Crippen molar-refractivity contribution in [3.8, 4) is 0 Å². The molecule has 0 nitrogen and oxygen atoms in total. The summed E-state index contributed by atoms with van der Waals surface area (Å²) in [4.78, 5) is 0. The molecular weight excluding hydrogens is 156 g/mol. The van der Waals surface area contributed by atoms with E-state index in [4.69, 9.17) is 0 Å². The summed E-state index contributed by atoms with van der Waals surface area (Å²) < 4.78 is 0. The van der Waals surface area contributed by atoms with Gasteiger partial charge >= 0.3 is 0 Å². The summed E-state index contributed by atoms with van der Waals surface area (Å²) in [5.74, 6) is 3.18. The highest BCUT2D eigenvalue weighted by atomic mass is 14.3. The second-order valence-electron chi connectivity index (χ2n) is 4.80. The molecule has 0 bridgehead atoms. The minimum Gasteiger partial charge on any atom is -0.0654 e. The van der Waals surface area contributed by atoms with Crippen LogP contribution in [0.4, 0.5) is 0 Å². The maximum absolute atomic E-state index is 2.37. The molecule has 1 fully saturated rings. The Morgan fingerprint density at radius 2 is 1.69 bits per heavy atom. The van der Waals surface area contributed by atoms with E-state index < -0.39 is 0 Å². The van der Waals surface area contributed by atoms with E-state index in [9.17, 15) is 0 Å². The van der Waals surface area contributed by atoms with Crippen molar-refractivity contribution in [3.63, 3.8) is 0 Å². The molecule has 1 rings (SSSR count). The Hall–Kier alpha value is 0. The Bertz CT molecular complexity index is 128. The third-order valence-corrected chi connectivity index (χ3v) is 4.01. The zero-order valence-corrected chi connectivity index (χ0v) is 9.68. The van der Waals surface area contributed by atoms with Gasteiger partial charge in [0.25, 0.3) is 0 Å². The van der Waals surface area contributed by atoms with Gasteiger partial charge in [-0.05, 0) is 30.6 Å². The zero-order valence-electron chi connectivity index (χ0n) is 9.68. The first kappa shape index (κ1) is 11.1. The van der Waals surface area contributed by atoms with Crippen LogP contribution in [0.1, 0.15) is 65.7 Å². The minimum absolute atomic E-state index is 1.05. The van der Waals surface area contributed by atoms with Crippen molar-refractivity contribution < 1.29 is 0 Å². The van der Waals surface area contributed by atoms with Crippen molar-refractivity contribution in [1.82, 2.24) is 0 Å². The van der Waals surface area contributed by atoms with E-state index in [1.165, 1.54) is 44.9 Å². The van der Waals surface area contributed by atoms with Crippen LogP contribution in [0, 0.1) is 17.8 Å². The monoisotopic (exact) mass is 182 g/mol. The lowest BCUT2D eigenvalue weighted by Gasteiger charge is -2.35. The summed E-state index contributed by atoms with van der Waals surface area (Å²) in [7, 11) is 0. The molecule has 0 amide bonds. The number of hydrogen-bond donors (Lipinski definition) is 0. The van der Waals surface area contributed by atoms with Crippen LogP contribution >= 0.6 is 0 Å². The van der Waals surface area contributed by atoms with Crippen LogP contribution in [0.3, 0.4) is 0 Å². The first-order valence-corrected chi connectivity index (χ1v) is 6.31. The Morgan fingerprint density at radius 1 is 0.923 bits per heavy atom. The molecule has 13 heavy (non-hydrogen) atoms. The predicted molar refractivity (Wildman–Crippen MR) is 59.8 cm³/mol. The molecule has 0 aromatic carbocycles. The van der Waals surface area contributed by atoms with E-state index in [0.717, 1.165) is 17.8 Å². The third kappa shape index (κ3) is 3.00. The normalized spacial score (nSPS) is 34.8. The van der Waals surface area contributed by atoms with Crippen LogP contribution in [0.15, 0.2) is 0 Å². The maximum atomic E-state index is 2.37. The second kappa shape index (κ2) is 5.67. The van der Waals surface area contributed by atoms with E-state index >= 15 is 0 Å². The highest BCUT2D eigenvalue weighted by Crippen LogP contribution is 2.39. The molecular formula is C13H26. The largest absolute Gasteiger partial charge is 0.0654 e. The maximum Gasteiger partial charge on any atom is -0.0383 e. The molecule has 1 aliphatic rings. The van der Waals surface area contributed by atoms with E-state index in [1.54, 1.807) is 0 Å². The fourth-order valence-electron chi connectivity index (χ4n) is 3.06. The van der Waals surface area contributed by atoms with Gasteiger partial charge in [-0.15, -0.1) is 0 Å². The first-order valence-electron chi connectivity index (χ1n) is 6.31. The SMILES string of the molecule is CCCC1CC(CC)CCC1CC. The van der Waals surface area contributed by atoms with Gasteiger partial charge in [0, 0.05) is 0 Å². The quantitative estimate of drug-likeness (QED) is 0.594. The average Bonchev–Trinajstić information content (AvgIpc) is 2.18. The van der Waals surface area contributed by atoms with Crippen LogP contribution in [0.25, 0.3) is 0 Å². The Kier molecular flexibility index (Phi) is 4.83. The van der Waals surface area contributed by atoms with Crippen LogP contribution in [0.5, 0.6) is 0 Å². The standard InChI is InChI=1S/C13H26/c1-4-7-13-10-11(5-2)8-9-12(13)6-3/h11-13H,4-10H2,1-3H3. The molecule has 0 saturated heterocycles. The topological polar surface area (TPSA) is 0 Å². The van der Waals surface area contributed by atoms with E-state index in [1.807, 2.05) is 0 Å². The second-order valence-corrected chi connectivity index (χ2v) is 4.80. The number of hydrogen-bond acceptors (Lipinski definition) is 0. The summed E-state index contributed by atoms with van der Waals surface area (Å²) in [6.07, 6.45) is 10.3. The summed E-state index contributed by atoms with van der Waals surface area (Å²) in [6.45, 7) is 7.07. The molecule has 78 valence electrons. The summed E-state index contributed by atoms with van der Waals surface area (Å²) >= 11 is 0. The molecule has 1 saturated carbocycles. The fraction of sp³-hybridized carbons (Fsp3) is 1.00. The molecule has 0 radical (unpaired) electrons. The Labute approximate surface area is 84.1 Å². The van der Waals surface area contributed by atoms with Gasteiger partial charge in [-0.1, -0.05) is 52.9 Å². The van der Waals surface area contributed by atoms with Gasteiger partial charge in [-0.2, -0.15) is 0 Å². The molecule has 0 aromatic rings. The van der Waals surface area contributed by atoms with Crippen molar-refractivity contribution in [2.45, 2.75) is 65.7 Å². The van der Waals surface area contributed by atoms with Crippen molar-refractivity contribution >= 4 is 0 Å². The predicted octanol–water partition coefficient (Wildman–Crippen LogP) is 4.64. The summed E-state index contributed by atoms with van der Waals surface area (Å²) in [6, 6.07) is 0. The van der Waals surface area contributed by atoms with Crippen LogP contribution < -0.4 is 0 Å². The van der Waals surface area contributed by atoms with Crippen LogP contribution in [0.2, 0.25) is 0 Å². The molecule has 3 unspecified atom stereocenters. The van der Waals surface area contributed by atoms with Crippen molar-refractivity contribution in [2.75, 3.05) is 0 Å². The van der Waals surface area contributed by atoms with Crippen LogP contribution in [-0.2, 0) is 0 Å². The molecule has 0 aromatic heterocycles.